The molecule has 0 aliphatic rings. The summed E-state index contributed by atoms with van der Waals surface area (Å²) in [5, 5.41) is 3.23. The van der Waals surface area contributed by atoms with E-state index in [-0.39, 0.29) is 0 Å². The van der Waals surface area contributed by atoms with Crippen LogP contribution >= 0.6 is 0 Å². The lowest BCUT2D eigenvalue weighted by Crippen LogP contribution is -2.08. The predicted octanol–water partition coefficient (Wildman–Crippen LogP) is 0.918. The molecule has 0 aliphatic carbocycles. The topological polar surface area (TPSA) is 79.6 Å². The van der Waals surface area contributed by atoms with Crippen molar-refractivity contribution in [1.29, 1.82) is 0 Å². The second kappa shape index (κ2) is 5.27. The van der Waals surface area contributed by atoms with Gasteiger partial charge in [0.05, 0.1) is 0 Å². The summed E-state index contributed by atoms with van der Waals surface area (Å²) in [6.07, 6.45) is 6.31. The van der Waals surface area contributed by atoms with Crippen LogP contribution < -0.4 is 11.1 Å². The van der Waals surface area contributed by atoms with E-state index in [1.54, 1.807) is 6.20 Å². The number of nitrogens with one attached hydrogen (secondary N) is 2. The Morgan fingerprint density at radius 3 is 3.06 bits per heavy atom. The molecular formula is C11H15N5. The molecular weight excluding hydrogens is 202 g/mol. The summed E-state index contributed by atoms with van der Waals surface area (Å²) in [4.78, 5) is 11.5. The normalized spacial score (nSPS) is 10.3. The third-order valence-corrected chi connectivity index (χ3v) is 2.21. The van der Waals surface area contributed by atoms with Crippen molar-refractivity contribution < 1.29 is 0 Å². The zero-order valence-electron chi connectivity index (χ0n) is 8.98. The molecule has 5 heteroatoms. The smallest absolute Gasteiger partial charge is 0.131 e. The minimum absolute atomic E-state index is 0.571. The number of H-pyrrole nitrogens is 1. The molecule has 0 radical (unpaired) electrons. The van der Waals surface area contributed by atoms with Crippen molar-refractivity contribution >= 4 is 5.82 Å². The van der Waals surface area contributed by atoms with Gasteiger partial charge < -0.3 is 16.0 Å². The van der Waals surface area contributed by atoms with Gasteiger partial charge in [-0.2, -0.15) is 0 Å². The third kappa shape index (κ3) is 2.80. The number of aromatic amines is 1. The fraction of sp³-hybridized carbons (Fsp3) is 0.273. The Hall–Kier alpha value is -1.88. The maximum atomic E-state index is 5.46. The molecule has 0 aromatic carbocycles. The molecule has 2 aromatic heterocycles. The Kier molecular flexibility index (Phi) is 3.50. The molecule has 0 spiro atoms. The fourth-order valence-corrected chi connectivity index (χ4v) is 1.41. The molecule has 0 unspecified atom stereocenters. The highest BCUT2D eigenvalue weighted by Gasteiger charge is 1.98. The van der Waals surface area contributed by atoms with Gasteiger partial charge in [-0.3, -0.25) is 0 Å². The summed E-state index contributed by atoms with van der Waals surface area (Å²) >= 11 is 0. The van der Waals surface area contributed by atoms with E-state index in [0.717, 1.165) is 18.2 Å². The summed E-state index contributed by atoms with van der Waals surface area (Å²) < 4.78 is 0. The number of anilines is 1. The summed E-state index contributed by atoms with van der Waals surface area (Å²) in [5.41, 5.74) is 6.65. The highest BCUT2D eigenvalue weighted by molar-refractivity contribution is 5.34. The van der Waals surface area contributed by atoms with Crippen molar-refractivity contribution in [2.24, 2.45) is 5.73 Å². The van der Waals surface area contributed by atoms with Gasteiger partial charge in [0, 0.05) is 31.6 Å². The van der Waals surface area contributed by atoms with Crippen LogP contribution in [0.2, 0.25) is 0 Å². The molecule has 2 rings (SSSR count). The number of hydrogen-bond acceptors (Lipinski definition) is 4. The first-order valence-corrected chi connectivity index (χ1v) is 5.26. The maximum absolute atomic E-state index is 5.46. The second-order valence-corrected chi connectivity index (χ2v) is 3.47. The minimum atomic E-state index is 0.571. The molecule has 16 heavy (non-hydrogen) atoms. The van der Waals surface area contributed by atoms with E-state index < -0.39 is 0 Å². The first-order chi connectivity index (χ1) is 7.88. The molecule has 0 saturated heterocycles. The quantitative estimate of drug-likeness (QED) is 0.695. The van der Waals surface area contributed by atoms with Crippen molar-refractivity contribution in [2.45, 2.75) is 13.0 Å². The van der Waals surface area contributed by atoms with E-state index >= 15 is 0 Å². The second-order valence-electron chi connectivity index (χ2n) is 3.47. The van der Waals surface area contributed by atoms with Crippen molar-refractivity contribution in [2.75, 3.05) is 11.9 Å². The molecule has 2 aromatic rings. The molecule has 4 N–H and O–H groups in total. The lowest BCUT2D eigenvalue weighted by Gasteiger charge is -2.05. The largest absolute Gasteiger partial charge is 0.367 e. The zero-order chi connectivity index (χ0) is 11.2. The van der Waals surface area contributed by atoms with Crippen LogP contribution in [0.3, 0.4) is 0 Å². The van der Waals surface area contributed by atoms with Crippen molar-refractivity contribution in [3.8, 4) is 0 Å². The van der Waals surface area contributed by atoms with Gasteiger partial charge in [0.15, 0.2) is 0 Å². The highest BCUT2D eigenvalue weighted by atomic mass is 15.0. The number of nitrogens with two attached hydrogens (primary N) is 1. The first kappa shape index (κ1) is 10.6. The average Bonchev–Trinajstić information content (AvgIpc) is 2.80. The van der Waals surface area contributed by atoms with Crippen molar-refractivity contribution in [3.05, 3.63) is 42.1 Å². The molecule has 0 aliphatic heterocycles. The average molecular weight is 217 g/mol. The Labute approximate surface area is 94.1 Å². The number of hydrogen-bond donors (Lipinski definition) is 3. The first-order valence-electron chi connectivity index (χ1n) is 5.26. The van der Waals surface area contributed by atoms with E-state index in [1.807, 2.05) is 24.5 Å². The summed E-state index contributed by atoms with van der Waals surface area (Å²) in [6, 6.07) is 3.88. The fourth-order valence-electron chi connectivity index (χ4n) is 1.41. The Morgan fingerprint density at radius 1 is 1.38 bits per heavy atom. The maximum Gasteiger partial charge on any atom is 0.131 e. The lowest BCUT2D eigenvalue weighted by molar-refractivity contribution is 0.865. The van der Waals surface area contributed by atoms with Crippen LogP contribution in [0.15, 0.2) is 30.7 Å². The molecule has 0 fully saturated rings. The molecule has 0 amide bonds. The SMILES string of the molecule is NCCc1nccc(NCc2cc[nH]c2)n1. The molecule has 2 heterocycles. The Morgan fingerprint density at radius 2 is 2.31 bits per heavy atom. The van der Waals surface area contributed by atoms with Crippen LogP contribution in [0, 0.1) is 0 Å². The summed E-state index contributed by atoms with van der Waals surface area (Å²) in [5.74, 6) is 1.61. The van der Waals surface area contributed by atoms with Gasteiger partial charge in [-0.15, -0.1) is 0 Å². The van der Waals surface area contributed by atoms with E-state index in [4.69, 9.17) is 5.73 Å². The minimum Gasteiger partial charge on any atom is -0.367 e. The highest BCUT2D eigenvalue weighted by Crippen LogP contribution is 2.05. The molecule has 0 atom stereocenters. The number of rotatable bonds is 5. The van der Waals surface area contributed by atoms with Crippen LogP contribution in [0.1, 0.15) is 11.4 Å². The Bertz CT molecular complexity index is 424. The van der Waals surface area contributed by atoms with E-state index in [9.17, 15) is 0 Å². The number of nitrogens with zero attached hydrogens (tertiary/aromatic N) is 2. The van der Waals surface area contributed by atoms with Crippen LogP contribution in [0.25, 0.3) is 0 Å². The molecule has 5 nitrogen and oxygen atoms in total. The van der Waals surface area contributed by atoms with Crippen LogP contribution in [-0.2, 0) is 13.0 Å². The third-order valence-electron chi connectivity index (χ3n) is 2.21. The number of aromatic nitrogens is 3. The summed E-state index contributed by atoms with van der Waals surface area (Å²) in [7, 11) is 0. The molecule has 0 saturated carbocycles. The van der Waals surface area contributed by atoms with E-state index in [0.29, 0.717) is 13.0 Å². The van der Waals surface area contributed by atoms with Crippen LogP contribution in [0.4, 0.5) is 5.82 Å². The van der Waals surface area contributed by atoms with Crippen molar-refractivity contribution in [3.63, 3.8) is 0 Å². The zero-order valence-corrected chi connectivity index (χ0v) is 8.98. The van der Waals surface area contributed by atoms with Gasteiger partial charge in [-0.1, -0.05) is 0 Å². The van der Waals surface area contributed by atoms with Gasteiger partial charge in [-0.05, 0) is 24.2 Å². The Balaban J connectivity index is 1.96. The van der Waals surface area contributed by atoms with E-state index in [2.05, 4.69) is 20.3 Å². The van der Waals surface area contributed by atoms with Crippen LogP contribution in [0.5, 0.6) is 0 Å². The summed E-state index contributed by atoms with van der Waals surface area (Å²) in [6.45, 7) is 1.32. The lowest BCUT2D eigenvalue weighted by atomic mass is 10.3. The van der Waals surface area contributed by atoms with Gasteiger partial charge in [0.1, 0.15) is 11.6 Å². The van der Waals surface area contributed by atoms with Gasteiger partial charge >= 0.3 is 0 Å². The van der Waals surface area contributed by atoms with Crippen LogP contribution in [-0.4, -0.2) is 21.5 Å². The van der Waals surface area contributed by atoms with Crippen molar-refractivity contribution in [1.82, 2.24) is 15.0 Å². The standard InChI is InChI=1S/C11H15N5/c12-4-1-10-14-6-3-11(16-10)15-8-9-2-5-13-7-9/h2-3,5-7,13H,1,4,8,12H2,(H,14,15,16). The van der Waals surface area contributed by atoms with E-state index in [1.165, 1.54) is 5.56 Å². The predicted molar refractivity (Wildman–Crippen MR) is 62.9 cm³/mol. The monoisotopic (exact) mass is 217 g/mol. The van der Waals surface area contributed by atoms with Gasteiger partial charge in [-0.25, -0.2) is 9.97 Å². The molecule has 0 bridgehead atoms. The molecule has 84 valence electrons. The van der Waals surface area contributed by atoms with Gasteiger partial charge in [0.25, 0.3) is 0 Å². The van der Waals surface area contributed by atoms with Gasteiger partial charge in [0.2, 0.25) is 0 Å².